The lowest BCUT2D eigenvalue weighted by atomic mass is 9.87. The molecule has 7 heteroatoms. The molecule has 0 spiro atoms. The van der Waals surface area contributed by atoms with Gasteiger partial charge in [-0.25, -0.2) is 4.79 Å². The molecule has 1 aliphatic heterocycles. The Kier molecular flexibility index (Phi) is 5.05. The van der Waals surface area contributed by atoms with Crippen molar-refractivity contribution in [3.8, 4) is 6.07 Å². The number of nitriles is 1. The van der Waals surface area contributed by atoms with Crippen LogP contribution < -0.4 is 10.6 Å². The van der Waals surface area contributed by atoms with Crippen LogP contribution in [0, 0.1) is 17.2 Å². The molecule has 29 heavy (non-hydrogen) atoms. The van der Waals surface area contributed by atoms with E-state index in [0.29, 0.717) is 5.56 Å². The summed E-state index contributed by atoms with van der Waals surface area (Å²) in [6.45, 7) is 6.43. The molecule has 7 nitrogen and oxygen atoms in total. The summed E-state index contributed by atoms with van der Waals surface area (Å²) in [6, 6.07) is 14.6. The van der Waals surface area contributed by atoms with E-state index >= 15 is 0 Å². The number of benzene rings is 2. The molecule has 2 atom stereocenters. The topological polar surface area (TPSA) is 102 Å². The molecule has 150 valence electrons. The Morgan fingerprint density at radius 1 is 1.24 bits per heavy atom. The van der Waals surface area contributed by atoms with Crippen LogP contribution in [0.1, 0.15) is 33.3 Å². The zero-order chi connectivity index (χ0) is 21.4. The lowest BCUT2D eigenvalue weighted by Gasteiger charge is -2.28. The first-order valence-corrected chi connectivity index (χ1v) is 9.47. The summed E-state index contributed by atoms with van der Waals surface area (Å²) >= 11 is 0. The van der Waals surface area contributed by atoms with Crippen LogP contribution in [0.5, 0.6) is 0 Å². The third-order valence-electron chi connectivity index (χ3n) is 5.69. The van der Waals surface area contributed by atoms with Crippen LogP contribution in [0.2, 0.25) is 0 Å². The molecule has 0 aromatic heterocycles. The fourth-order valence-corrected chi connectivity index (χ4v) is 3.46. The Labute approximate surface area is 169 Å². The molecule has 1 saturated heterocycles. The number of carbonyl (C=O) groups is 3. The Bertz CT molecular complexity index is 1040. The number of hydrogen-bond acceptors (Lipinski definition) is 4. The monoisotopic (exact) mass is 392 g/mol. The van der Waals surface area contributed by atoms with Crippen molar-refractivity contribution >= 4 is 28.6 Å². The largest absolute Gasteiger partial charge is 0.336 e. The van der Waals surface area contributed by atoms with Gasteiger partial charge < -0.3 is 10.6 Å². The third kappa shape index (κ3) is 3.42. The van der Waals surface area contributed by atoms with Crippen LogP contribution in [0.3, 0.4) is 0 Å². The minimum absolute atomic E-state index is 0.138. The maximum Gasteiger partial charge on any atom is 0.325 e. The highest BCUT2D eigenvalue weighted by Crippen LogP contribution is 2.33. The van der Waals surface area contributed by atoms with Crippen molar-refractivity contribution in [2.24, 2.45) is 5.92 Å². The number of urea groups is 1. The lowest BCUT2D eigenvalue weighted by Crippen LogP contribution is -2.52. The summed E-state index contributed by atoms with van der Waals surface area (Å²) in [7, 11) is 0. The molecule has 4 amide bonds. The smallest absolute Gasteiger partial charge is 0.325 e. The number of imide groups is 1. The molecule has 0 aliphatic carbocycles. The zero-order valence-corrected chi connectivity index (χ0v) is 16.9. The van der Waals surface area contributed by atoms with Crippen molar-refractivity contribution in [1.82, 2.24) is 15.5 Å². The number of rotatable bonds is 5. The molecule has 1 fully saturated rings. The normalized spacial score (nSPS) is 21.0. The van der Waals surface area contributed by atoms with Gasteiger partial charge in [-0.3, -0.25) is 14.5 Å². The van der Waals surface area contributed by atoms with Gasteiger partial charge in [-0.05, 0) is 36.1 Å². The summed E-state index contributed by atoms with van der Waals surface area (Å²) in [5.74, 6) is -1.20. The van der Waals surface area contributed by atoms with Crippen molar-refractivity contribution in [2.75, 3.05) is 6.54 Å². The summed E-state index contributed by atoms with van der Waals surface area (Å²) in [5, 5.41) is 16.6. The van der Waals surface area contributed by atoms with E-state index in [-0.39, 0.29) is 5.92 Å². The Hall–Kier alpha value is -3.40. The summed E-state index contributed by atoms with van der Waals surface area (Å²) in [4.78, 5) is 39.1. The maximum absolute atomic E-state index is 13.2. The number of nitrogens with zero attached hydrogens (tertiary/aromatic N) is 2. The highest BCUT2D eigenvalue weighted by Gasteiger charge is 2.50. The van der Waals surface area contributed by atoms with Crippen LogP contribution in [0.4, 0.5) is 4.79 Å². The predicted octanol–water partition coefficient (Wildman–Crippen LogP) is 2.66. The average molecular weight is 392 g/mol. The minimum atomic E-state index is -1.28. The van der Waals surface area contributed by atoms with Crippen molar-refractivity contribution in [3.63, 3.8) is 0 Å². The first-order valence-electron chi connectivity index (χ1n) is 9.47. The molecule has 1 aliphatic rings. The Balaban J connectivity index is 1.88. The standard InChI is InChI=1S/C22H24N4O3/c1-14(2)21(3,13-23)24-18(27)12-26-19(28)22(4,25-20(26)29)17-11-7-9-15-8-5-6-10-16(15)17/h5-11,14H,12H2,1-4H3,(H,24,27)(H,25,29)/t21-,22-/m1/s1. The molecule has 2 aromatic rings. The van der Waals surface area contributed by atoms with Crippen molar-refractivity contribution in [1.29, 1.82) is 5.26 Å². The molecule has 2 N–H and O–H groups in total. The molecule has 3 rings (SSSR count). The first-order chi connectivity index (χ1) is 13.6. The molecule has 0 saturated carbocycles. The Morgan fingerprint density at radius 2 is 1.90 bits per heavy atom. The van der Waals surface area contributed by atoms with Crippen LogP contribution in [-0.2, 0) is 15.1 Å². The maximum atomic E-state index is 13.2. The van der Waals surface area contributed by atoms with Crippen molar-refractivity contribution < 1.29 is 14.4 Å². The summed E-state index contributed by atoms with van der Waals surface area (Å²) in [5.41, 5.74) is -1.70. The van der Waals surface area contributed by atoms with E-state index in [0.717, 1.165) is 15.7 Å². The van der Waals surface area contributed by atoms with Gasteiger partial charge in [0.2, 0.25) is 5.91 Å². The van der Waals surface area contributed by atoms with Gasteiger partial charge in [0.15, 0.2) is 0 Å². The number of amides is 4. The fraction of sp³-hybridized carbons (Fsp3) is 0.364. The van der Waals surface area contributed by atoms with E-state index in [1.165, 1.54) is 0 Å². The second kappa shape index (κ2) is 7.21. The van der Waals surface area contributed by atoms with Crippen LogP contribution in [0.25, 0.3) is 10.8 Å². The zero-order valence-electron chi connectivity index (χ0n) is 16.9. The molecular weight excluding hydrogens is 368 g/mol. The highest BCUT2D eigenvalue weighted by atomic mass is 16.2. The van der Waals surface area contributed by atoms with Crippen LogP contribution in [-0.4, -0.2) is 34.8 Å². The number of nitrogens with one attached hydrogen (secondary N) is 2. The number of hydrogen-bond donors (Lipinski definition) is 2. The number of carbonyl (C=O) groups excluding carboxylic acids is 3. The van der Waals surface area contributed by atoms with Gasteiger partial charge in [0.25, 0.3) is 5.91 Å². The van der Waals surface area contributed by atoms with E-state index in [4.69, 9.17) is 0 Å². The van der Waals surface area contributed by atoms with Crippen LogP contribution >= 0.6 is 0 Å². The second-order valence-electron chi connectivity index (χ2n) is 7.99. The molecular formula is C22H24N4O3. The van der Waals surface area contributed by atoms with Crippen molar-refractivity contribution in [2.45, 2.75) is 38.8 Å². The quantitative estimate of drug-likeness (QED) is 0.764. The van der Waals surface area contributed by atoms with Gasteiger partial charge in [0, 0.05) is 0 Å². The summed E-state index contributed by atoms with van der Waals surface area (Å²) in [6.07, 6.45) is 0. The molecule has 2 aromatic carbocycles. The average Bonchev–Trinajstić information content (AvgIpc) is 2.91. The van der Waals surface area contributed by atoms with E-state index in [1.807, 2.05) is 50.2 Å². The predicted molar refractivity (Wildman–Crippen MR) is 109 cm³/mol. The highest BCUT2D eigenvalue weighted by molar-refractivity contribution is 6.10. The third-order valence-corrected chi connectivity index (χ3v) is 5.69. The number of fused-ring (bicyclic) bond motifs is 1. The van der Waals surface area contributed by atoms with Gasteiger partial charge in [-0.1, -0.05) is 56.3 Å². The van der Waals surface area contributed by atoms with Gasteiger partial charge in [-0.2, -0.15) is 5.26 Å². The lowest BCUT2D eigenvalue weighted by molar-refractivity contribution is -0.135. The first kappa shape index (κ1) is 20.3. The van der Waals surface area contributed by atoms with Gasteiger partial charge in [-0.15, -0.1) is 0 Å². The van der Waals surface area contributed by atoms with Crippen molar-refractivity contribution in [3.05, 3.63) is 48.0 Å². The molecule has 0 radical (unpaired) electrons. The fourth-order valence-electron chi connectivity index (χ4n) is 3.46. The minimum Gasteiger partial charge on any atom is -0.336 e. The second-order valence-corrected chi connectivity index (χ2v) is 7.99. The van der Waals surface area contributed by atoms with Crippen LogP contribution in [0.15, 0.2) is 42.5 Å². The molecule has 1 heterocycles. The molecule has 0 bridgehead atoms. The van der Waals surface area contributed by atoms with E-state index in [2.05, 4.69) is 16.7 Å². The molecule has 0 unspecified atom stereocenters. The Morgan fingerprint density at radius 3 is 2.55 bits per heavy atom. The van der Waals surface area contributed by atoms with E-state index in [9.17, 15) is 19.6 Å². The SMILES string of the molecule is CC(C)[C@@](C)(C#N)NC(=O)CN1C(=O)N[C@](C)(c2cccc3ccccc23)C1=O. The van der Waals surface area contributed by atoms with E-state index < -0.39 is 35.5 Å². The van der Waals surface area contributed by atoms with E-state index in [1.54, 1.807) is 19.9 Å². The van der Waals surface area contributed by atoms with Gasteiger partial charge >= 0.3 is 6.03 Å². The summed E-state index contributed by atoms with van der Waals surface area (Å²) < 4.78 is 0. The van der Waals surface area contributed by atoms with Gasteiger partial charge in [0.05, 0.1) is 6.07 Å². The van der Waals surface area contributed by atoms with Gasteiger partial charge in [0.1, 0.15) is 17.6 Å².